The van der Waals surface area contributed by atoms with Crippen LogP contribution in [0.4, 0.5) is 11.5 Å². The molecule has 0 radical (unpaired) electrons. The van der Waals surface area contributed by atoms with E-state index in [2.05, 4.69) is 25.5 Å². The lowest BCUT2D eigenvalue weighted by molar-refractivity contribution is 0.102. The molecule has 3 aromatic rings. The van der Waals surface area contributed by atoms with Crippen LogP contribution in [0, 0.1) is 0 Å². The van der Waals surface area contributed by atoms with E-state index in [1.54, 1.807) is 24.3 Å². The normalized spacial score (nSPS) is 12.5. The zero-order valence-electron chi connectivity index (χ0n) is 18.4. The van der Waals surface area contributed by atoms with Crippen molar-refractivity contribution in [1.29, 1.82) is 0 Å². The van der Waals surface area contributed by atoms with Crippen molar-refractivity contribution < 1.29 is 14.3 Å². The van der Waals surface area contributed by atoms with Crippen molar-refractivity contribution >= 4 is 52.4 Å². The summed E-state index contributed by atoms with van der Waals surface area (Å²) in [5.41, 5.74) is 1.64. The molecule has 0 saturated heterocycles. The van der Waals surface area contributed by atoms with Gasteiger partial charge in [0, 0.05) is 42.0 Å². The molecule has 0 atom stereocenters. The van der Waals surface area contributed by atoms with Crippen molar-refractivity contribution in [2.24, 2.45) is 4.99 Å². The smallest absolute Gasteiger partial charge is 0.259 e. The fraction of sp³-hybridized carbons (Fsp3) is 0.200. The number of ether oxygens (including phenoxy) is 1. The predicted molar refractivity (Wildman–Crippen MR) is 140 cm³/mol. The fourth-order valence-electron chi connectivity index (χ4n) is 3.48. The number of aliphatic imine (C=N–C) groups is 1. The molecule has 2 aromatic carbocycles. The number of aromatic nitrogens is 1. The average molecular weight is 514 g/mol. The summed E-state index contributed by atoms with van der Waals surface area (Å²) >= 11 is 12.0. The third kappa shape index (κ3) is 5.90. The summed E-state index contributed by atoms with van der Waals surface area (Å²) in [6.45, 7) is 1.62. The number of amides is 2. The highest BCUT2D eigenvalue weighted by Gasteiger charge is 2.21. The van der Waals surface area contributed by atoms with E-state index in [0.717, 1.165) is 24.5 Å². The molecule has 2 N–H and O–H groups in total. The molecule has 35 heavy (non-hydrogen) atoms. The molecule has 2 amide bonds. The number of benzene rings is 2. The molecule has 1 aliphatic rings. The lowest BCUT2D eigenvalue weighted by Gasteiger charge is -2.16. The highest BCUT2D eigenvalue weighted by atomic mass is 35.5. The summed E-state index contributed by atoms with van der Waals surface area (Å²) in [5, 5.41) is 6.16. The van der Waals surface area contributed by atoms with Gasteiger partial charge in [-0.3, -0.25) is 14.6 Å². The SMILES string of the molecule is C.COc1cc(Cl)cc(C(=O)Nc2ccc(Cl)cn2)c1NC(=O)c1ccc(C2=NCCN2C)cc1. The summed E-state index contributed by atoms with van der Waals surface area (Å²) in [5.74, 6) is 0.492. The van der Waals surface area contributed by atoms with Gasteiger partial charge in [0.2, 0.25) is 0 Å². The topological polar surface area (TPSA) is 95.9 Å². The van der Waals surface area contributed by atoms with Gasteiger partial charge < -0.3 is 20.3 Å². The number of halogens is 2. The number of carbonyl (C=O) groups excluding carboxylic acids is 2. The molecule has 2 heterocycles. The molecule has 0 bridgehead atoms. The van der Waals surface area contributed by atoms with Gasteiger partial charge in [-0.15, -0.1) is 0 Å². The maximum atomic E-state index is 13.0. The number of pyridine rings is 1. The molecule has 8 nitrogen and oxygen atoms in total. The lowest BCUT2D eigenvalue weighted by atomic mass is 10.1. The number of methoxy groups -OCH3 is 1. The fourth-order valence-corrected chi connectivity index (χ4v) is 3.80. The molecule has 0 fully saturated rings. The van der Waals surface area contributed by atoms with Gasteiger partial charge in [0.1, 0.15) is 17.4 Å². The molecular weight excluding hydrogens is 489 g/mol. The van der Waals surface area contributed by atoms with Crippen LogP contribution in [0.1, 0.15) is 33.7 Å². The average Bonchev–Trinajstić information content (AvgIpc) is 3.27. The molecule has 0 unspecified atom stereocenters. The molecule has 0 saturated carbocycles. The van der Waals surface area contributed by atoms with Crippen LogP contribution in [-0.4, -0.2) is 54.8 Å². The number of amidine groups is 1. The molecule has 0 aliphatic carbocycles. The Labute approximate surface area is 213 Å². The van der Waals surface area contributed by atoms with Crippen LogP contribution in [-0.2, 0) is 0 Å². The summed E-state index contributed by atoms with van der Waals surface area (Å²) in [4.78, 5) is 36.7. The second-order valence-corrected chi connectivity index (χ2v) is 8.38. The zero-order valence-corrected chi connectivity index (χ0v) is 19.9. The minimum atomic E-state index is -0.524. The van der Waals surface area contributed by atoms with Gasteiger partial charge in [0.05, 0.1) is 29.9 Å². The highest BCUT2D eigenvalue weighted by molar-refractivity contribution is 6.32. The Morgan fingerprint density at radius 2 is 1.74 bits per heavy atom. The van der Waals surface area contributed by atoms with Gasteiger partial charge in [-0.1, -0.05) is 42.8 Å². The van der Waals surface area contributed by atoms with Crippen LogP contribution >= 0.6 is 23.2 Å². The van der Waals surface area contributed by atoms with Crippen molar-refractivity contribution in [3.05, 3.63) is 81.5 Å². The van der Waals surface area contributed by atoms with Crippen molar-refractivity contribution in [1.82, 2.24) is 9.88 Å². The van der Waals surface area contributed by atoms with Crippen molar-refractivity contribution in [3.63, 3.8) is 0 Å². The molecule has 182 valence electrons. The monoisotopic (exact) mass is 513 g/mol. The van der Waals surface area contributed by atoms with Crippen LogP contribution in [0.2, 0.25) is 10.0 Å². The highest BCUT2D eigenvalue weighted by Crippen LogP contribution is 2.33. The van der Waals surface area contributed by atoms with Gasteiger partial charge in [0.25, 0.3) is 11.8 Å². The minimum absolute atomic E-state index is 0. The largest absolute Gasteiger partial charge is 0.494 e. The number of rotatable bonds is 6. The van der Waals surface area contributed by atoms with Crippen LogP contribution in [0.25, 0.3) is 0 Å². The number of carbonyl (C=O) groups is 2. The Balaban J connectivity index is 0.00000342. The number of anilines is 2. The van der Waals surface area contributed by atoms with Crippen LogP contribution in [0.15, 0.2) is 59.7 Å². The quantitative estimate of drug-likeness (QED) is 0.470. The van der Waals surface area contributed by atoms with E-state index >= 15 is 0 Å². The van der Waals surface area contributed by atoms with Gasteiger partial charge in [0.15, 0.2) is 0 Å². The minimum Gasteiger partial charge on any atom is -0.494 e. The molecule has 1 aliphatic heterocycles. The third-order valence-corrected chi connectivity index (χ3v) is 5.64. The Morgan fingerprint density at radius 1 is 1.00 bits per heavy atom. The number of nitrogens with zero attached hydrogens (tertiary/aromatic N) is 3. The predicted octanol–water partition coefficient (Wildman–Crippen LogP) is 5.23. The first-order chi connectivity index (χ1) is 16.4. The molecule has 4 rings (SSSR count). The van der Waals surface area contributed by atoms with E-state index in [1.807, 2.05) is 19.2 Å². The third-order valence-electron chi connectivity index (χ3n) is 5.20. The molecular formula is C25H25Cl2N5O3. The van der Waals surface area contributed by atoms with Crippen LogP contribution in [0.3, 0.4) is 0 Å². The second kappa shape index (κ2) is 11.2. The second-order valence-electron chi connectivity index (χ2n) is 7.50. The summed E-state index contributed by atoms with van der Waals surface area (Å²) in [7, 11) is 3.41. The Bertz CT molecular complexity index is 1260. The van der Waals surface area contributed by atoms with Crippen molar-refractivity contribution in [2.75, 3.05) is 37.9 Å². The van der Waals surface area contributed by atoms with Gasteiger partial charge in [-0.25, -0.2) is 4.98 Å². The standard InChI is InChI=1S/C24H21Cl2N5O3.CH4/c1-31-10-9-27-22(31)14-3-5-15(6-4-14)23(32)30-21-18(11-17(26)12-19(21)34-2)24(33)29-20-8-7-16(25)13-28-20;/h3-8,11-13H,9-10H2,1-2H3,(H,30,32)(H,28,29,33);1H4. The van der Waals surface area contributed by atoms with Crippen molar-refractivity contribution in [2.45, 2.75) is 7.43 Å². The first kappa shape index (κ1) is 26.0. The summed E-state index contributed by atoms with van der Waals surface area (Å²) < 4.78 is 5.38. The van der Waals surface area contributed by atoms with Gasteiger partial charge >= 0.3 is 0 Å². The summed E-state index contributed by atoms with van der Waals surface area (Å²) in [6, 6.07) is 13.2. The van der Waals surface area contributed by atoms with Gasteiger partial charge in [-0.2, -0.15) is 0 Å². The Morgan fingerprint density at radius 3 is 2.34 bits per heavy atom. The first-order valence-electron chi connectivity index (χ1n) is 10.3. The first-order valence-corrected chi connectivity index (χ1v) is 11.1. The number of hydrogen-bond donors (Lipinski definition) is 2. The zero-order chi connectivity index (χ0) is 24.2. The van der Waals surface area contributed by atoms with Crippen LogP contribution < -0.4 is 15.4 Å². The maximum absolute atomic E-state index is 13.0. The summed E-state index contributed by atoms with van der Waals surface area (Å²) in [6.07, 6.45) is 1.41. The molecule has 10 heteroatoms. The molecule has 0 spiro atoms. The Hall–Kier alpha value is -3.62. The molecule has 1 aromatic heterocycles. The van der Waals surface area contributed by atoms with Crippen molar-refractivity contribution in [3.8, 4) is 5.75 Å². The van der Waals surface area contributed by atoms with Crippen LogP contribution in [0.5, 0.6) is 5.75 Å². The van der Waals surface area contributed by atoms with E-state index in [9.17, 15) is 9.59 Å². The Kier molecular flexibility index (Phi) is 8.32. The number of likely N-dealkylation sites (N-methyl/N-ethyl adjacent to an activating group) is 1. The lowest BCUT2D eigenvalue weighted by Crippen LogP contribution is -2.23. The van der Waals surface area contributed by atoms with E-state index in [-0.39, 0.29) is 29.4 Å². The van der Waals surface area contributed by atoms with E-state index < -0.39 is 11.8 Å². The number of hydrogen-bond acceptors (Lipinski definition) is 6. The van der Waals surface area contributed by atoms with E-state index in [0.29, 0.717) is 16.4 Å². The van der Waals surface area contributed by atoms with E-state index in [4.69, 9.17) is 27.9 Å². The van der Waals surface area contributed by atoms with Gasteiger partial charge in [-0.05, 0) is 30.3 Å². The maximum Gasteiger partial charge on any atom is 0.259 e. The van der Waals surface area contributed by atoms with E-state index in [1.165, 1.54) is 25.4 Å². The number of nitrogens with one attached hydrogen (secondary N) is 2.